The second-order valence-electron chi connectivity index (χ2n) is 5.00. The van der Waals surface area contributed by atoms with Gasteiger partial charge in [0, 0.05) is 11.0 Å². The van der Waals surface area contributed by atoms with Crippen molar-refractivity contribution in [3.8, 4) is 0 Å². The molecule has 1 amide bonds. The molecule has 0 aliphatic carbocycles. The van der Waals surface area contributed by atoms with E-state index >= 15 is 0 Å². The van der Waals surface area contributed by atoms with Crippen LogP contribution in [0.5, 0.6) is 0 Å². The second kappa shape index (κ2) is 8.54. The number of aromatic nitrogens is 1. The van der Waals surface area contributed by atoms with Gasteiger partial charge in [-0.2, -0.15) is 0 Å². The van der Waals surface area contributed by atoms with Crippen LogP contribution in [0.15, 0.2) is 47.1 Å². The van der Waals surface area contributed by atoms with Crippen molar-refractivity contribution >= 4 is 33.3 Å². The van der Waals surface area contributed by atoms with E-state index in [-0.39, 0.29) is 5.91 Å². The van der Waals surface area contributed by atoms with Gasteiger partial charge in [0.2, 0.25) is 0 Å². The molecule has 2 rings (SSSR count). The minimum atomic E-state index is -0.155. The fourth-order valence-corrected chi connectivity index (χ4v) is 2.47. The van der Waals surface area contributed by atoms with Gasteiger partial charge in [-0.05, 0) is 46.6 Å². The minimum Gasteiger partial charge on any atom is -0.370 e. The van der Waals surface area contributed by atoms with E-state index in [0.29, 0.717) is 11.3 Å². The van der Waals surface area contributed by atoms with Gasteiger partial charge in [-0.1, -0.05) is 31.9 Å². The number of anilines is 2. The van der Waals surface area contributed by atoms with Crippen LogP contribution in [0.1, 0.15) is 36.5 Å². The maximum Gasteiger partial charge on any atom is 0.256 e. The summed E-state index contributed by atoms with van der Waals surface area (Å²) in [5.74, 6) is 0.674. The summed E-state index contributed by atoms with van der Waals surface area (Å²) in [5, 5.41) is 6.11. The lowest BCUT2D eigenvalue weighted by atomic mass is 10.2. The zero-order chi connectivity index (χ0) is 15.8. The number of nitrogens with one attached hydrogen (secondary N) is 2. The summed E-state index contributed by atoms with van der Waals surface area (Å²) in [6, 6.07) is 11.1. The fraction of sp³-hybridized carbons (Fsp3) is 0.294. The Hall–Kier alpha value is -1.88. The van der Waals surface area contributed by atoms with Crippen molar-refractivity contribution in [2.75, 3.05) is 17.2 Å². The predicted molar refractivity (Wildman–Crippen MR) is 94.3 cm³/mol. The number of amides is 1. The molecule has 116 valence electrons. The highest BCUT2D eigenvalue weighted by atomic mass is 79.9. The summed E-state index contributed by atoms with van der Waals surface area (Å²) in [5.41, 5.74) is 1.28. The van der Waals surface area contributed by atoms with Crippen molar-refractivity contribution in [3.63, 3.8) is 0 Å². The molecule has 0 radical (unpaired) electrons. The van der Waals surface area contributed by atoms with Gasteiger partial charge in [-0.15, -0.1) is 0 Å². The molecule has 4 nitrogen and oxygen atoms in total. The number of hydrogen-bond donors (Lipinski definition) is 2. The minimum absolute atomic E-state index is 0.155. The van der Waals surface area contributed by atoms with E-state index in [4.69, 9.17) is 0 Å². The van der Waals surface area contributed by atoms with Crippen LogP contribution in [0.4, 0.5) is 11.5 Å². The van der Waals surface area contributed by atoms with Gasteiger partial charge < -0.3 is 10.6 Å². The van der Waals surface area contributed by atoms with Crippen LogP contribution >= 0.6 is 15.9 Å². The molecule has 0 atom stereocenters. The lowest BCUT2D eigenvalue weighted by Gasteiger charge is -2.08. The number of nitrogens with zero attached hydrogens (tertiary/aromatic N) is 1. The Morgan fingerprint density at radius 3 is 2.68 bits per heavy atom. The predicted octanol–water partition coefficient (Wildman–Crippen LogP) is 4.70. The van der Waals surface area contributed by atoms with Gasteiger partial charge in [-0.3, -0.25) is 4.79 Å². The van der Waals surface area contributed by atoms with E-state index in [1.807, 2.05) is 30.3 Å². The topological polar surface area (TPSA) is 54.0 Å². The SMILES string of the molecule is CCCCCNc1ccc(NC(=O)c2ccccc2Br)cn1. The third kappa shape index (κ3) is 4.84. The highest BCUT2D eigenvalue weighted by molar-refractivity contribution is 9.10. The Bertz CT molecular complexity index is 614. The van der Waals surface area contributed by atoms with Crippen molar-refractivity contribution in [3.05, 3.63) is 52.6 Å². The Labute approximate surface area is 139 Å². The van der Waals surface area contributed by atoms with Gasteiger partial charge in [0.05, 0.1) is 17.4 Å². The van der Waals surface area contributed by atoms with E-state index in [0.717, 1.165) is 23.3 Å². The van der Waals surface area contributed by atoms with Crippen molar-refractivity contribution in [2.24, 2.45) is 0 Å². The molecule has 0 aliphatic rings. The molecule has 0 unspecified atom stereocenters. The molecule has 0 saturated carbocycles. The fourth-order valence-electron chi connectivity index (χ4n) is 2.01. The van der Waals surface area contributed by atoms with Crippen LogP contribution in [0, 0.1) is 0 Å². The third-order valence-electron chi connectivity index (χ3n) is 3.23. The molecule has 0 aliphatic heterocycles. The Balaban J connectivity index is 1.91. The zero-order valence-electron chi connectivity index (χ0n) is 12.6. The molecule has 2 aromatic rings. The van der Waals surface area contributed by atoms with E-state index < -0.39 is 0 Å². The number of benzene rings is 1. The summed E-state index contributed by atoms with van der Waals surface area (Å²) < 4.78 is 0.773. The maximum atomic E-state index is 12.2. The van der Waals surface area contributed by atoms with Gasteiger partial charge in [-0.25, -0.2) is 4.98 Å². The highest BCUT2D eigenvalue weighted by Crippen LogP contribution is 2.18. The summed E-state index contributed by atoms with van der Waals surface area (Å²) >= 11 is 3.38. The number of hydrogen-bond acceptors (Lipinski definition) is 3. The van der Waals surface area contributed by atoms with E-state index in [9.17, 15) is 4.79 Å². The van der Waals surface area contributed by atoms with E-state index in [1.54, 1.807) is 12.3 Å². The average molecular weight is 362 g/mol. The number of carbonyl (C=O) groups is 1. The van der Waals surface area contributed by atoms with Crippen molar-refractivity contribution in [2.45, 2.75) is 26.2 Å². The maximum absolute atomic E-state index is 12.2. The Morgan fingerprint density at radius 2 is 2.00 bits per heavy atom. The molecule has 0 spiro atoms. The summed E-state index contributed by atoms with van der Waals surface area (Å²) in [7, 11) is 0. The molecule has 22 heavy (non-hydrogen) atoms. The molecular formula is C17H20BrN3O. The lowest BCUT2D eigenvalue weighted by molar-refractivity contribution is 0.102. The molecule has 1 aromatic carbocycles. The van der Waals surface area contributed by atoms with Crippen LogP contribution in [0.3, 0.4) is 0 Å². The van der Waals surface area contributed by atoms with Gasteiger partial charge >= 0.3 is 0 Å². The lowest BCUT2D eigenvalue weighted by Crippen LogP contribution is -2.13. The molecule has 5 heteroatoms. The largest absolute Gasteiger partial charge is 0.370 e. The summed E-state index contributed by atoms with van der Waals surface area (Å²) in [6.45, 7) is 3.10. The number of unbranched alkanes of at least 4 members (excludes halogenated alkanes) is 2. The van der Waals surface area contributed by atoms with Crippen molar-refractivity contribution in [1.82, 2.24) is 4.98 Å². The average Bonchev–Trinajstić information content (AvgIpc) is 2.53. The van der Waals surface area contributed by atoms with E-state index in [1.165, 1.54) is 12.8 Å². The second-order valence-corrected chi connectivity index (χ2v) is 5.85. The third-order valence-corrected chi connectivity index (χ3v) is 3.92. The monoisotopic (exact) mass is 361 g/mol. The first kappa shape index (κ1) is 16.5. The van der Waals surface area contributed by atoms with Crippen LogP contribution in [-0.4, -0.2) is 17.4 Å². The molecule has 1 aromatic heterocycles. The quantitative estimate of drug-likeness (QED) is 0.702. The smallest absolute Gasteiger partial charge is 0.256 e. The Kier molecular flexibility index (Phi) is 6.40. The summed E-state index contributed by atoms with van der Waals surface area (Å²) in [4.78, 5) is 16.5. The number of pyridine rings is 1. The standard InChI is InChI=1S/C17H20BrN3O/c1-2-3-6-11-19-16-10-9-13(12-20-16)21-17(22)14-7-4-5-8-15(14)18/h4-5,7-10,12H,2-3,6,11H2,1H3,(H,19,20)(H,21,22). The number of halogens is 1. The van der Waals surface area contributed by atoms with Gasteiger partial charge in [0.15, 0.2) is 0 Å². The van der Waals surface area contributed by atoms with Crippen molar-refractivity contribution < 1.29 is 4.79 Å². The summed E-state index contributed by atoms with van der Waals surface area (Å²) in [6.07, 6.45) is 5.22. The highest BCUT2D eigenvalue weighted by Gasteiger charge is 2.09. The molecule has 0 bridgehead atoms. The normalized spacial score (nSPS) is 10.3. The van der Waals surface area contributed by atoms with Crippen molar-refractivity contribution in [1.29, 1.82) is 0 Å². The van der Waals surface area contributed by atoms with E-state index in [2.05, 4.69) is 38.5 Å². The molecule has 0 fully saturated rings. The first-order valence-corrected chi connectivity index (χ1v) is 8.26. The number of carbonyl (C=O) groups excluding carboxylic acids is 1. The zero-order valence-corrected chi connectivity index (χ0v) is 14.2. The van der Waals surface area contributed by atoms with Crippen LogP contribution in [-0.2, 0) is 0 Å². The Morgan fingerprint density at radius 1 is 1.18 bits per heavy atom. The molecule has 2 N–H and O–H groups in total. The first-order chi connectivity index (χ1) is 10.7. The molecular weight excluding hydrogens is 342 g/mol. The molecule has 1 heterocycles. The van der Waals surface area contributed by atoms with Crippen LogP contribution < -0.4 is 10.6 Å². The number of rotatable bonds is 7. The molecule has 0 saturated heterocycles. The van der Waals surface area contributed by atoms with Gasteiger partial charge in [0.1, 0.15) is 5.82 Å². The van der Waals surface area contributed by atoms with Crippen LogP contribution in [0.2, 0.25) is 0 Å². The van der Waals surface area contributed by atoms with Crippen LogP contribution in [0.25, 0.3) is 0 Å². The first-order valence-electron chi connectivity index (χ1n) is 7.46. The van der Waals surface area contributed by atoms with Gasteiger partial charge in [0.25, 0.3) is 5.91 Å².